The van der Waals surface area contributed by atoms with Gasteiger partial charge in [-0.1, -0.05) is 23.7 Å². The highest BCUT2D eigenvalue weighted by molar-refractivity contribution is 6.30. The summed E-state index contributed by atoms with van der Waals surface area (Å²) in [6.45, 7) is 1.57. The lowest BCUT2D eigenvalue weighted by atomic mass is 10.1. The number of likely N-dealkylation sites (N-methyl/N-ethyl adjacent to an activating group) is 1. The number of nitrogens with zero attached hydrogens (tertiary/aromatic N) is 2. The maximum absolute atomic E-state index is 11.9. The first kappa shape index (κ1) is 15.3. The molecule has 0 aromatic heterocycles. The van der Waals surface area contributed by atoms with Crippen molar-refractivity contribution in [3.63, 3.8) is 0 Å². The Bertz CT molecular complexity index is 573. The van der Waals surface area contributed by atoms with Crippen molar-refractivity contribution in [3.8, 4) is 0 Å². The van der Waals surface area contributed by atoms with Crippen LogP contribution < -0.4 is 5.32 Å². The molecule has 0 radical (unpaired) electrons. The van der Waals surface area contributed by atoms with Gasteiger partial charge in [0.05, 0.1) is 6.04 Å². The molecule has 1 N–H and O–H groups in total. The van der Waals surface area contributed by atoms with Gasteiger partial charge in [0, 0.05) is 12.1 Å². The Kier molecular flexibility index (Phi) is 4.47. The van der Waals surface area contributed by atoms with Gasteiger partial charge in [-0.05, 0) is 24.6 Å². The smallest absolute Gasteiger partial charge is 0.327 e. The fraction of sp³-hybridized carbons (Fsp3) is 0.357. The number of hydrogen-bond donors (Lipinski definition) is 1. The molecule has 1 atom stereocenters. The zero-order chi connectivity index (χ0) is 15.6. The first-order valence-electron chi connectivity index (χ1n) is 6.49. The lowest BCUT2D eigenvalue weighted by molar-refractivity contribution is -0.131. The molecule has 1 heterocycles. The number of halogens is 1. The lowest BCUT2D eigenvalue weighted by Crippen LogP contribution is -2.41. The average Bonchev–Trinajstić information content (AvgIpc) is 2.66. The number of carbonyl (C=O) groups excluding carboxylic acids is 3. The van der Waals surface area contributed by atoms with Gasteiger partial charge >= 0.3 is 6.03 Å². The van der Waals surface area contributed by atoms with Crippen molar-refractivity contribution in [3.05, 3.63) is 34.9 Å². The van der Waals surface area contributed by atoms with Gasteiger partial charge in [0.15, 0.2) is 0 Å². The predicted molar refractivity (Wildman–Crippen MR) is 77.7 cm³/mol. The minimum atomic E-state index is -0.450. The Morgan fingerprint density at radius 2 is 1.95 bits per heavy atom. The van der Waals surface area contributed by atoms with Crippen LogP contribution in [0.2, 0.25) is 5.02 Å². The van der Waals surface area contributed by atoms with Gasteiger partial charge in [0.25, 0.3) is 5.91 Å². The standard InChI is InChI=1S/C14H16ClN3O3/c1-9(10-3-5-11(15)6-4-10)16-12(19)7-18-13(20)8-17(2)14(18)21/h3-6,9H,7-8H2,1-2H3,(H,16,19). The van der Waals surface area contributed by atoms with E-state index in [2.05, 4.69) is 5.32 Å². The first-order valence-corrected chi connectivity index (χ1v) is 6.86. The van der Waals surface area contributed by atoms with Crippen molar-refractivity contribution >= 4 is 29.4 Å². The topological polar surface area (TPSA) is 69.7 Å². The fourth-order valence-corrected chi connectivity index (χ4v) is 2.22. The summed E-state index contributed by atoms with van der Waals surface area (Å²) in [5.41, 5.74) is 0.893. The van der Waals surface area contributed by atoms with E-state index in [0.717, 1.165) is 10.5 Å². The van der Waals surface area contributed by atoms with Crippen LogP contribution >= 0.6 is 11.6 Å². The van der Waals surface area contributed by atoms with Crippen LogP contribution in [0.4, 0.5) is 4.79 Å². The zero-order valence-corrected chi connectivity index (χ0v) is 12.6. The predicted octanol–water partition coefficient (Wildman–Crippen LogP) is 1.41. The van der Waals surface area contributed by atoms with Gasteiger partial charge in [-0.3, -0.25) is 14.5 Å². The van der Waals surface area contributed by atoms with E-state index in [-0.39, 0.29) is 30.9 Å². The van der Waals surface area contributed by atoms with Crippen LogP contribution in [0.1, 0.15) is 18.5 Å². The van der Waals surface area contributed by atoms with Crippen molar-refractivity contribution in [2.45, 2.75) is 13.0 Å². The van der Waals surface area contributed by atoms with Gasteiger partial charge in [0.1, 0.15) is 13.1 Å². The Balaban J connectivity index is 1.94. The molecule has 0 spiro atoms. The zero-order valence-electron chi connectivity index (χ0n) is 11.8. The van der Waals surface area contributed by atoms with E-state index in [9.17, 15) is 14.4 Å². The van der Waals surface area contributed by atoms with Crippen LogP contribution in [0, 0.1) is 0 Å². The number of imide groups is 1. The largest absolute Gasteiger partial charge is 0.348 e. The molecular weight excluding hydrogens is 294 g/mol. The van der Waals surface area contributed by atoms with E-state index < -0.39 is 6.03 Å². The normalized spacial score (nSPS) is 16.3. The molecule has 1 fully saturated rings. The number of carbonyl (C=O) groups is 3. The Morgan fingerprint density at radius 1 is 1.33 bits per heavy atom. The van der Waals surface area contributed by atoms with Crippen LogP contribution in [0.3, 0.4) is 0 Å². The molecule has 0 saturated carbocycles. The van der Waals surface area contributed by atoms with Crippen LogP contribution in [0.5, 0.6) is 0 Å². The highest BCUT2D eigenvalue weighted by Gasteiger charge is 2.34. The molecule has 1 saturated heterocycles. The van der Waals surface area contributed by atoms with Crippen molar-refractivity contribution in [2.75, 3.05) is 20.1 Å². The number of nitrogens with one attached hydrogen (secondary N) is 1. The SMILES string of the molecule is CC(NC(=O)CN1C(=O)CN(C)C1=O)c1ccc(Cl)cc1. The molecule has 1 aromatic carbocycles. The number of rotatable bonds is 4. The molecule has 1 aliphatic heterocycles. The third-order valence-corrected chi connectivity index (χ3v) is 3.53. The van der Waals surface area contributed by atoms with Gasteiger partial charge in [-0.2, -0.15) is 0 Å². The van der Waals surface area contributed by atoms with Gasteiger partial charge in [-0.15, -0.1) is 0 Å². The van der Waals surface area contributed by atoms with Crippen molar-refractivity contribution in [1.82, 2.24) is 15.1 Å². The summed E-state index contributed by atoms with van der Waals surface area (Å²) in [6, 6.07) is 6.42. The van der Waals surface area contributed by atoms with E-state index in [1.165, 1.54) is 11.9 Å². The maximum Gasteiger partial charge on any atom is 0.327 e. The summed E-state index contributed by atoms with van der Waals surface area (Å²) in [6.07, 6.45) is 0. The van der Waals surface area contributed by atoms with Crippen LogP contribution in [0.25, 0.3) is 0 Å². The third kappa shape index (κ3) is 3.52. The summed E-state index contributed by atoms with van der Waals surface area (Å²) in [5.74, 6) is -0.744. The van der Waals surface area contributed by atoms with E-state index in [1.807, 2.05) is 19.1 Å². The van der Waals surface area contributed by atoms with Crippen LogP contribution in [0.15, 0.2) is 24.3 Å². The number of urea groups is 1. The molecule has 1 unspecified atom stereocenters. The molecular formula is C14H16ClN3O3. The number of amides is 4. The summed E-state index contributed by atoms with van der Waals surface area (Å²) in [7, 11) is 1.52. The minimum Gasteiger partial charge on any atom is -0.348 e. The van der Waals surface area contributed by atoms with Crippen LogP contribution in [-0.2, 0) is 9.59 Å². The highest BCUT2D eigenvalue weighted by Crippen LogP contribution is 2.16. The molecule has 2 rings (SSSR count). The molecule has 0 aliphatic carbocycles. The third-order valence-electron chi connectivity index (χ3n) is 3.28. The van der Waals surface area contributed by atoms with Crippen molar-refractivity contribution in [2.24, 2.45) is 0 Å². The van der Waals surface area contributed by atoms with E-state index in [0.29, 0.717) is 5.02 Å². The van der Waals surface area contributed by atoms with Crippen molar-refractivity contribution in [1.29, 1.82) is 0 Å². The second-order valence-electron chi connectivity index (χ2n) is 4.96. The Hall–Kier alpha value is -2.08. The van der Waals surface area contributed by atoms with E-state index in [4.69, 9.17) is 11.6 Å². The summed E-state index contributed by atoms with van der Waals surface area (Å²) < 4.78 is 0. The summed E-state index contributed by atoms with van der Waals surface area (Å²) in [4.78, 5) is 37.4. The minimum absolute atomic E-state index is 0.0127. The molecule has 4 amide bonds. The lowest BCUT2D eigenvalue weighted by Gasteiger charge is -2.17. The maximum atomic E-state index is 11.9. The molecule has 0 bridgehead atoms. The molecule has 6 nitrogen and oxygen atoms in total. The summed E-state index contributed by atoms with van der Waals surface area (Å²) >= 11 is 5.81. The fourth-order valence-electron chi connectivity index (χ4n) is 2.09. The molecule has 21 heavy (non-hydrogen) atoms. The second kappa shape index (κ2) is 6.13. The Morgan fingerprint density at radius 3 is 2.48 bits per heavy atom. The molecule has 1 aliphatic rings. The second-order valence-corrected chi connectivity index (χ2v) is 5.40. The quantitative estimate of drug-likeness (QED) is 0.855. The number of hydrogen-bond acceptors (Lipinski definition) is 3. The van der Waals surface area contributed by atoms with Gasteiger partial charge in [-0.25, -0.2) is 4.79 Å². The van der Waals surface area contributed by atoms with Crippen molar-refractivity contribution < 1.29 is 14.4 Å². The van der Waals surface area contributed by atoms with Crippen LogP contribution in [-0.4, -0.2) is 47.8 Å². The number of benzene rings is 1. The van der Waals surface area contributed by atoms with E-state index in [1.54, 1.807) is 12.1 Å². The average molecular weight is 310 g/mol. The molecule has 1 aromatic rings. The van der Waals surface area contributed by atoms with Gasteiger partial charge in [0.2, 0.25) is 5.91 Å². The van der Waals surface area contributed by atoms with Gasteiger partial charge < -0.3 is 10.2 Å². The summed E-state index contributed by atoms with van der Waals surface area (Å²) in [5, 5.41) is 3.37. The Labute approximate surface area is 127 Å². The molecule has 7 heteroatoms. The first-order chi connectivity index (χ1) is 9.88. The highest BCUT2D eigenvalue weighted by atomic mass is 35.5. The monoisotopic (exact) mass is 309 g/mol. The van der Waals surface area contributed by atoms with E-state index >= 15 is 0 Å². The molecule has 112 valence electrons.